The SMILES string of the molecule is COc1nc(C(=O)O)nc(C(C)(C)C)c1F. The summed E-state index contributed by atoms with van der Waals surface area (Å²) in [4.78, 5) is 17.9. The summed E-state index contributed by atoms with van der Waals surface area (Å²) in [5.41, 5.74) is -0.596. The summed E-state index contributed by atoms with van der Waals surface area (Å²) in [5.74, 6) is -2.86. The Labute approximate surface area is 92.3 Å². The molecule has 0 aromatic carbocycles. The van der Waals surface area contributed by atoms with Gasteiger partial charge in [-0.3, -0.25) is 0 Å². The highest BCUT2D eigenvalue weighted by molar-refractivity contribution is 5.83. The number of nitrogens with zero attached hydrogens (tertiary/aromatic N) is 2. The van der Waals surface area contributed by atoms with Gasteiger partial charge in [0.05, 0.1) is 12.8 Å². The molecule has 0 unspecified atom stereocenters. The third-order valence-electron chi connectivity index (χ3n) is 1.92. The van der Waals surface area contributed by atoms with E-state index in [0.717, 1.165) is 0 Å². The van der Waals surface area contributed by atoms with Crippen LogP contribution in [0.25, 0.3) is 0 Å². The van der Waals surface area contributed by atoms with E-state index in [-0.39, 0.29) is 11.6 Å². The second-order valence-corrected chi connectivity index (χ2v) is 4.27. The van der Waals surface area contributed by atoms with Crippen molar-refractivity contribution in [3.63, 3.8) is 0 Å². The van der Waals surface area contributed by atoms with Crippen molar-refractivity contribution in [2.24, 2.45) is 0 Å². The average molecular weight is 228 g/mol. The largest absolute Gasteiger partial charge is 0.479 e. The van der Waals surface area contributed by atoms with Gasteiger partial charge in [-0.15, -0.1) is 0 Å². The van der Waals surface area contributed by atoms with Gasteiger partial charge in [0.2, 0.25) is 11.6 Å². The van der Waals surface area contributed by atoms with Crippen LogP contribution < -0.4 is 4.74 Å². The van der Waals surface area contributed by atoms with Gasteiger partial charge >= 0.3 is 5.97 Å². The molecule has 1 aromatic heterocycles. The molecule has 0 saturated carbocycles. The third kappa shape index (κ3) is 2.26. The maximum atomic E-state index is 13.8. The van der Waals surface area contributed by atoms with E-state index in [4.69, 9.17) is 5.11 Å². The molecule has 1 N–H and O–H groups in total. The van der Waals surface area contributed by atoms with Gasteiger partial charge in [0.15, 0.2) is 0 Å². The molecule has 0 fully saturated rings. The van der Waals surface area contributed by atoms with Crippen molar-refractivity contribution in [1.82, 2.24) is 9.97 Å². The number of carboxylic acids is 1. The van der Waals surface area contributed by atoms with E-state index in [1.165, 1.54) is 7.11 Å². The monoisotopic (exact) mass is 228 g/mol. The number of carboxylic acid groups (broad SMARTS) is 1. The molecule has 1 heterocycles. The summed E-state index contributed by atoms with van der Waals surface area (Å²) in [6.07, 6.45) is 0. The average Bonchev–Trinajstić information content (AvgIpc) is 2.15. The smallest absolute Gasteiger partial charge is 0.374 e. The van der Waals surface area contributed by atoms with E-state index in [2.05, 4.69) is 14.7 Å². The highest BCUT2D eigenvalue weighted by atomic mass is 19.1. The van der Waals surface area contributed by atoms with Crippen LogP contribution in [0.3, 0.4) is 0 Å². The highest BCUT2D eigenvalue weighted by Crippen LogP contribution is 2.27. The molecule has 0 bridgehead atoms. The van der Waals surface area contributed by atoms with Crippen LogP contribution >= 0.6 is 0 Å². The molecular formula is C10H13FN2O3. The summed E-state index contributed by atoms with van der Waals surface area (Å²) >= 11 is 0. The van der Waals surface area contributed by atoms with E-state index >= 15 is 0 Å². The number of methoxy groups -OCH3 is 1. The molecule has 0 spiro atoms. The molecule has 1 rings (SSSR count). The Morgan fingerprint density at radius 2 is 1.94 bits per heavy atom. The molecule has 0 amide bonds. The highest BCUT2D eigenvalue weighted by Gasteiger charge is 2.26. The molecule has 0 aliphatic rings. The lowest BCUT2D eigenvalue weighted by molar-refractivity contribution is 0.0681. The quantitative estimate of drug-likeness (QED) is 0.832. The Kier molecular flexibility index (Phi) is 3.11. The topological polar surface area (TPSA) is 72.3 Å². The first-order valence-corrected chi connectivity index (χ1v) is 4.62. The standard InChI is InChI=1S/C10H13FN2O3/c1-10(2,3)6-5(11)8(16-4)13-7(12-6)9(14)15/h1-4H3,(H,14,15). The van der Waals surface area contributed by atoms with Gasteiger partial charge in [0, 0.05) is 5.41 Å². The van der Waals surface area contributed by atoms with E-state index in [1.807, 2.05) is 0 Å². The van der Waals surface area contributed by atoms with Crippen LogP contribution in [0, 0.1) is 5.82 Å². The Hall–Kier alpha value is -1.72. The fourth-order valence-electron chi connectivity index (χ4n) is 1.15. The van der Waals surface area contributed by atoms with Crippen molar-refractivity contribution >= 4 is 5.97 Å². The van der Waals surface area contributed by atoms with E-state index in [0.29, 0.717) is 0 Å². The van der Waals surface area contributed by atoms with Gasteiger partial charge in [-0.1, -0.05) is 20.8 Å². The van der Waals surface area contributed by atoms with E-state index in [9.17, 15) is 9.18 Å². The van der Waals surface area contributed by atoms with Gasteiger partial charge < -0.3 is 9.84 Å². The van der Waals surface area contributed by atoms with Crippen LogP contribution in [0.4, 0.5) is 4.39 Å². The molecule has 16 heavy (non-hydrogen) atoms. The van der Waals surface area contributed by atoms with E-state index < -0.39 is 23.0 Å². The van der Waals surface area contributed by atoms with Crippen LogP contribution in [-0.4, -0.2) is 28.2 Å². The first-order valence-electron chi connectivity index (χ1n) is 4.62. The first kappa shape index (κ1) is 12.4. The van der Waals surface area contributed by atoms with Gasteiger partial charge in [0.25, 0.3) is 5.88 Å². The molecule has 0 atom stereocenters. The number of halogens is 1. The molecule has 0 aliphatic heterocycles. The van der Waals surface area contributed by atoms with Crippen molar-refractivity contribution in [2.75, 3.05) is 7.11 Å². The predicted octanol–water partition coefficient (Wildman–Crippen LogP) is 1.62. The number of aromatic carboxylic acids is 1. The minimum atomic E-state index is -1.32. The Morgan fingerprint density at radius 3 is 2.31 bits per heavy atom. The Balaban J connectivity index is 3.48. The van der Waals surface area contributed by atoms with Crippen LogP contribution in [-0.2, 0) is 5.41 Å². The van der Waals surface area contributed by atoms with Gasteiger partial charge in [-0.05, 0) is 0 Å². The van der Waals surface area contributed by atoms with Crippen LogP contribution in [0.2, 0.25) is 0 Å². The number of aromatic nitrogens is 2. The lowest BCUT2D eigenvalue weighted by atomic mass is 9.91. The van der Waals surface area contributed by atoms with E-state index in [1.54, 1.807) is 20.8 Å². The number of hydrogen-bond donors (Lipinski definition) is 1. The number of ether oxygens (including phenoxy) is 1. The van der Waals surface area contributed by atoms with Gasteiger partial charge in [0.1, 0.15) is 0 Å². The molecule has 1 aromatic rings. The molecular weight excluding hydrogens is 215 g/mol. The lowest BCUT2D eigenvalue weighted by Crippen LogP contribution is -2.20. The molecule has 0 radical (unpaired) electrons. The number of rotatable bonds is 2. The van der Waals surface area contributed by atoms with Crippen molar-refractivity contribution in [3.8, 4) is 5.88 Å². The summed E-state index contributed by atoms with van der Waals surface area (Å²) < 4.78 is 18.5. The zero-order valence-electron chi connectivity index (χ0n) is 9.54. The van der Waals surface area contributed by atoms with Crippen LogP contribution in [0.1, 0.15) is 37.1 Å². The zero-order chi connectivity index (χ0) is 12.5. The Bertz CT molecular complexity index is 427. The number of hydrogen-bond acceptors (Lipinski definition) is 4. The van der Waals surface area contributed by atoms with Gasteiger partial charge in [-0.2, -0.15) is 9.37 Å². The van der Waals surface area contributed by atoms with Crippen molar-refractivity contribution < 1.29 is 19.0 Å². The molecule has 0 saturated heterocycles. The van der Waals surface area contributed by atoms with Crippen molar-refractivity contribution in [1.29, 1.82) is 0 Å². The fraction of sp³-hybridized carbons (Fsp3) is 0.500. The predicted molar refractivity (Wildman–Crippen MR) is 54.2 cm³/mol. The second-order valence-electron chi connectivity index (χ2n) is 4.27. The maximum absolute atomic E-state index is 13.8. The lowest BCUT2D eigenvalue weighted by Gasteiger charge is -2.19. The third-order valence-corrected chi connectivity index (χ3v) is 1.92. The minimum absolute atomic E-state index is 0.0248. The fourth-order valence-corrected chi connectivity index (χ4v) is 1.15. The minimum Gasteiger partial charge on any atom is -0.479 e. The summed E-state index contributed by atoms with van der Waals surface area (Å²) in [6.45, 7) is 5.18. The molecule has 6 heteroatoms. The zero-order valence-corrected chi connectivity index (χ0v) is 9.54. The molecule has 88 valence electrons. The second kappa shape index (κ2) is 4.03. The summed E-state index contributed by atoms with van der Waals surface area (Å²) in [5, 5.41) is 8.78. The normalized spacial score (nSPS) is 11.3. The summed E-state index contributed by atoms with van der Waals surface area (Å²) in [7, 11) is 1.23. The maximum Gasteiger partial charge on any atom is 0.374 e. The molecule has 0 aliphatic carbocycles. The Morgan fingerprint density at radius 1 is 1.38 bits per heavy atom. The summed E-state index contributed by atoms with van der Waals surface area (Å²) in [6, 6.07) is 0. The van der Waals surface area contributed by atoms with Crippen molar-refractivity contribution in [2.45, 2.75) is 26.2 Å². The van der Waals surface area contributed by atoms with Gasteiger partial charge in [-0.25, -0.2) is 9.78 Å². The van der Waals surface area contributed by atoms with Crippen LogP contribution in [0.15, 0.2) is 0 Å². The van der Waals surface area contributed by atoms with Crippen molar-refractivity contribution in [3.05, 3.63) is 17.3 Å². The number of carbonyl (C=O) groups is 1. The first-order chi connectivity index (χ1) is 7.27. The van der Waals surface area contributed by atoms with Crippen LogP contribution in [0.5, 0.6) is 5.88 Å². The molecule has 5 nitrogen and oxygen atoms in total.